The lowest BCUT2D eigenvalue weighted by atomic mass is 9.86. The van der Waals surface area contributed by atoms with E-state index in [4.69, 9.17) is 10.5 Å². The Morgan fingerprint density at radius 2 is 1.76 bits per heavy atom. The molecule has 0 bridgehead atoms. The van der Waals surface area contributed by atoms with Crippen LogP contribution < -0.4 is 15.4 Å². The van der Waals surface area contributed by atoms with Crippen molar-refractivity contribution in [3.63, 3.8) is 0 Å². The van der Waals surface area contributed by atoms with E-state index in [1.54, 1.807) is 6.07 Å². The zero-order chi connectivity index (χ0) is 26.6. The van der Waals surface area contributed by atoms with Gasteiger partial charge < -0.3 is 15.4 Å². The molecule has 2 N–H and O–H groups in total. The van der Waals surface area contributed by atoms with Gasteiger partial charge in [-0.15, -0.1) is 0 Å². The summed E-state index contributed by atoms with van der Waals surface area (Å²) in [7, 11) is 0. The maximum Gasteiger partial charge on any atom is 0.230 e. The van der Waals surface area contributed by atoms with Gasteiger partial charge in [-0.05, 0) is 78.6 Å². The highest BCUT2D eigenvalue weighted by Gasteiger charge is 2.47. The van der Waals surface area contributed by atoms with E-state index in [1.807, 2.05) is 29.2 Å². The Morgan fingerprint density at radius 3 is 2.34 bits per heavy atom. The number of hydrogen-bond donors (Lipinski definition) is 1. The molecule has 2 aliphatic rings. The van der Waals surface area contributed by atoms with E-state index >= 15 is 0 Å². The average Bonchev–Trinajstić information content (AvgIpc) is 3.72. The van der Waals surface area contributed by atoms with Crippen molar-refractivity contribution in [1.82, 2.24) is 4.98 Å². The summed E-state index contributed by atoms with van der Waals surface area (Å²) in [6.07, 6.45) is 6.77. The van der Waals surface area contributed by atoms with Crippen LogP contribution in [0.2, 0.25) is 0 Å². The Kier molecular flexibility index (Phi) is 8.08. The van der Waals surface area contributed by atoms with Gasteiger partial charge in [0.1, 0.15) is 11.6 Å². The van der Waals surface area contributed by atoms with Crippen molar-refractivity contribution in [3.8, 4) is 16.9 Å². The number of carbonyl (C=O) groups is 1. The van der Waals surface area contributed by atoms with Crippen LogP contribution in [0.5, 0.6) is 5.75 Å². The van der Waals surface area contributed by atoms with Crippen molar-refractivity contribution in [2.45, 2.75) is 57.9 Å². The molecule has 3 aromatic rings. The fourth-order valence-corrected chi connectivity index (χ4v) is 5.07. The summed E-state index contributed by atoms with van der Waals surface area (Å²) in [5, 5.41) is 0. The monoisotopic (exact) mass is 515 g/mol. The summed E-state index contributed by atoms with van der Waals surface area (Å²) in [6, 6.07) is 19.3. The smallest absolute Gasteiger partial charge is 0.230 e. The van der Waals surface area contributed by atoms with Crippen LogP contribution in [0.1, 0.15) is 57.6 Å². The number of pyridine rings is 1. The molecule has 0 unspecified atom stereocenters. The lowest BCUT2D eigenvalue weighted by molar-refractivity contribution is -0.120. The second kappa shape index (κ2) is 11.6. The molecule has 2 saturated carbocycles. The molecule has 0 saturated heterocycles. The van der Waals surface area contributed by atoms with Crippen molar-refractivity contribution < 1.29 is 13.9 Å². The number of ether oxygens (including phenoxy) is 1. The van der Waals surface area contributed by atoms with Gasteiger partial charge in [-0.25, -0.2) is 4.39 Å². The minimum atomic E-state index is -0.366. The van der Waals surface area contributed by atoms with Crippen LogP contribution in [0.25, 0.3) is 11.1 Å². The number of amides is 1. The third kappa shape index (κ3) is 6.07. The van der Waals surface area contributed by atoms with Crippen molar-refractivity contribution in [2.24, 2.45) is 23.5 Å². The second-order valence-electron chi connectivity index (χ2n) is 11.0. The van der Waals surface area contributed by atoms with Gasteiger partial charge in [0, 0.05) is 35.8 Å². The Balaban J connectivity index is 1.29. The van der Waals surface area contributed by atoms with Crippen LogP contribution in [0.3, 0.4) is 0 Å². The molecule has 5 nitrogen and oxygen atoms in total. The quantitative estimate of drug-likeness (QED) is 0.313. The first kappa shape index (κ1) is 26.4. The van der Waals surface area contributed by atoms with Gasteiger partial charge in [-0.1, -0.05) is 51.0 Å². The zero-order valence-electron chi connectivity index (χ0n) is 22.4. The van der Waals surface area contributed by atoms with Crippen LogP contribution in [-0.4, -0.2) is 30.1 Å². The maximum atomic E-state index is 13.7. The van der Waals surface area contributed by atoms with Gasteiger partial charge in [0.25, 0.3) is 0 Å². The van der Waals surface area contributed by atoms with Crippen LogP contribution >= 0.6 is 0 Å². The topological polar surface area (TPSA) is 68.5 Å². The number of hydrogen-bond acceptors (Lipinski definition) is 4. The van der Waals surface area contributed by atoms with E-state index in [0.717, 1.165) is 47.7 Å². The molecule has 0 aliphatic heterocycles. The van der Waals surface area contributed by atoms with E-state index in [2.05, 4.69) is 43.1 Å². The predicted octanol–water partition coefficient (Wildman–Crippen LogP) is 6.58. The van der Waals surface area contributed by atoms with E-state index in [0.29, 0.717) is 18.4 Å². The van der Waals surface area contributed by atoms with Gasteiger partial charge in [0.2, 0.25) is 5.91 Å². The van der Waals surface area contributed by atoms with Crippen LogP contribution in [0.4, 0.5) is 10.1 Å². The first-order valence-electron chi connectivity index (χ1n) is 13.9. The summed E-state index contributed by atoms with van der Waals surface area (Å²) in [5.74, 6) is 1.46. The molecule has 1 aromatic heterocycles. The first-order valence-corrected chi connectivity index (χ1v) is 13.9. The average molecular weight is 516 g/mol. The largest absolute Gasteiger partial charge is 0.493 e. The number of halogens is 1. The van der Waals surface area contributed by atoms with Gasteiger partial charge >= 0.3 is 0 Å². The maximum absolute atomic E-state index is 13.7. The first-order chi connectivity index (χ1) is 18.4. The van der Waals surface area contributed by atoms with E-state index in [-0.39, 0.29) is 29.6 Å². The SMILES string of the molecule is CC[C@H](C)[C@H](N)CN(C(=O)[C@@H]1C[C@H]1c1ccc(F)cn1)c1ccc(-c2ccc(OCC3CCC3)cc2)cc1. The summed E-state index contributed by atoms with van der Waals surface area (Å²) in [6.45, 7) is 5.50. The molecule has 0 spiro atoms. The van der Waals surface area contributed by atoms with Crippen molar-refractivity contribution >= 4 is 11.6 Å². The fourth-order valence-electron chi connectivity index (χ4n) is 5.07. The number of aromatic nitrogens is 1. The molecule has 1 amide bonds. The third-order valence-electron chi connectivity index (χ3n) is 8.35. The Bertz CT molecular complexity index is 1210. The number of nitrogens with two attached hydrogens (primary N) is 1. The molecular formula is C32H38FN3O2. The number of benzene rings is 2. The Hall–Kier alpha value is -3.25. The van der Waals surface area contributed by atoms with E-state index in [1.165, 1.54) is 31.5 Å². The molecular weight excluding hydrogens is 477 g/mol. The molecule has 1 heterocycles. The van der Waals surface area contributed by atoms with Gasteiger partial charge in [-0.2, -0.15) is 0 Å². The van der Waals surface area contributed by atoms with E-state index < -0.39 is 0 Å². The number of carbonyl (C=O) groups excluding carboxylic acids is 1. The number of rotatable bonds is 11. The third-order valence-corrected chi connectivity index (χ3v) is 8.35. The van der Waals surface area contributed by atoms with Crippen LogP contribution in [-0.2, 0) is 4.79 Å². The molecule has 5 rings (SSSR count). The molecule has 38 heavy (non-hydrogen) atoms. The number of anilines is 1. The van der Waals surface area contributed by atoms with Crippen molar-refractivity contribution in [2.75, 3.05) is 18.1 Å². The van der Waals surface area contributed by atoms with Gasteiger partial charge in [0.05, 0.1) is 12.8 Å². The summed E-state index contributed by atoms with van der Waals surface area (Å²) in [5.41, 5.74) is 10.3. The summed E-state index contributed by atoms with van der Waals surface area (Å²) >= 11 is 0. The lowest BCUT2D eigenvalue weighted by Crippen LogP contribution is -2.45. The van der Waals surface area contributed by atoms with Crippen LogP contribution in [0.15, 0.2) is 66.9 Å². The molecule has 2 fully saturated rings. The molecule has 2 aliphatic carbocycles. The van der Waals surface area contributed by atoms with Crippen molar-refractivity contribution in [3.05, 3.63) is 78.4 Å². The standard InChI is InChI=1S/C32H38FN3O2/c1-3-21(2)30(34)19-36(32(37)29-17-28(29)31-16-11-25(33)18-35-31)26-12-7-23(8-13-26)24-9-14-27(15-10-24)38-20-22-5-4-6-22/h7-16,18,21-22,28-30H,3-6,17,19-20,34H2,1-2H3/t21-,28+,29+,30+/m0/s1. The normalized spacial score (nSPS) is 20.3. The summed E-state index contributed by atoms with van der Waals surface area (Å²) in [4.78, 5) is 19.7. The van der Waals surface area contributed by atoms with Crippen LogP contribution in [0, 0.1) is 23.6 Å². The number of nitrogens with zero attached hydrogens (tertiary/aromatic N) is 2. The Morgan fingerprint density at radius 1 is 1.08 bits per heavy atom. The Labute approximate surface area is 225 Å². The molecule has 2 aromatic carbocycles. The molecule has 4 atom stereocenters. The molecule has 0 radical (unpaired) electrons. The molecule has 6 heteroatoms. The van der Waals surface area contributed by atoms with Gasteiger partial charge in [-0.3, -0.25) is 9.78 Å². The zero-order valence-corrected chi connectivity index (χ0v) is 22.4. The highest BCUT2D eigenvalue weighted by atomic mass is 19.1. The second-order valence-corrected chi connectivity index (χ2v) is 11.0. The predicted molar refractivity (Wildman–Crippen MR) is 150 cm³/mol. The van der Waals surface area contributed by atoms with E-state index in [9.17, 15) is 9.18 Å². The van der Waals surface area contributed by atoms with Crippen molar-refractivity contribution in [1.29, 1.82) is 0 Å². The fraction of sp³-hybridized carbons (Fsp3) is 0.438. The highest BCUT2D eigenvalue weighted by Crippen LogP contribution is 2.48. The minimum absolute atomic E-state index is 0.0229. The molecule has 200 valence electrons. The summed E-state index contributed by atoms with van der Waals surface area (Å²) < 4.78 is 19.3. The highest BCUT2D eigenvalue weighted by molar-refractivity contribution is 5.97. The minimum Gasteiger partial charge on any atom is -0.493 e. The lowest BCUT2D eigenvalue weighted by Gasteiger charge is -2.29. The van der Waals surface area contributed by atoms with Gasteiger partial charge in [0.15, 0.2) is 0 Å².